The van der Waals surface area contributed by atoms with Gasteiger partial charge in [-0.05, 0) is 24.1 Å². The van der Waals surface area contributed by atoms with Crippen molar-refractivity contribution in [1.82, 2.24) is 9.97 Å². The smallest absolute Gasteiger partial charge is 0.262 e. The van der Waals surface area contributed by atoms with Gasteiger partial charge in [0.25, 0.3) is 5.56 Å². The van der Waals surface area contributed by atoms with Gasteiger partial charge in [0.05, 0.1) is 0 Å². The largest absolute Gasteiger partial charge is 0.493 e. The fourth-order valence-electron chi connectivity index (χ4n) is 1.98. The van der Waals surface area contributed by atoms with E-state index in [1.54, 1.807) is 0 Å². The molecule has 0 radical (unpaired) electrons. The lowest BCUT2D eigenvalue weighted by atomic mass is 10.1. The van der Waals surface area contributed by atoms with Crippen molar-refractivity contribution >= 4 is 0 Å². The van der Waals surface area contributed by atoms with Crippen LogP contribution < -0.4 is 5.56 Å². The second-order valence-corrected chi connectivity index (χ2v) is 4.29. The third kappa shape index (κ3) is 2.70. The Morgan fingerprint density at radius 3 is 2.55 bits per heavy atom. The van der Waals surface area contributed by atoms with Crippen LogP contribution in [0.15, 0.2) is 29.1 Å². The summed E-state index contributed by atoms with van der Waals surface area (Å²) in [7, 11) is 1.50. The minimum atomic E-state index is -0.491. The Bertz CT molecular complexity index is 648. The number of ether oxygens (including phenoxy) is 1. The van der Waals surface area contributed by atoms with Crippen molar-refractivity contribution in [3.8, 4) is 17.0 Å². The molecule has 0 bridgehead atoms. The van der Waals surface area contributed by atoms with Crippen LogP contribution >= 0.6 is 0 Å². The molecule has 2 aromatic rings. The van der Waals surface area contributed by atoms with Crippen molar-refractivity contribution in [2.75, 3.05) is 7.11 Å². The third-order valence-corrected chi connectivity index (χ3v) is 3.01. The summed E-state index contributed by atoms with van der Waals surface area (Å²) >= 11 is 0. The molecule has 0 aliphatic carbocycles. The molecule has 0 amide bonds. The number of hydrogen-bond donors (Lipinski definition) is 2. The SMILES string of the molecule is CCC(OC)c1nc(O)c(-c2ccc(F)cc2)c(=O)[nH]1. The van der Waals surface area contributed by atoms with Crippen molar-refractivity contribution in [1.29, 1.82) is 0 Å². The van der Waals surface area contributed by atoms with Gasteiger partial charge in [0.1, 0.15) is 23.3 Å². The van der Waals surface area contributed by atoms with Gasteiger partial charge >= 0.3 is 0 Å². The van der Waals surface area contributed by atoms with Gasteiger partial charge in [-0.1, -0.05) is 19.1 Å². The van der Waals surface area contributed by atoms with Gasteiger partial charge in [0, 0.05) is 7.11 Å². The van der Waals surface area contributed by atoms with Crippen LogP contribution in [0.5, 0.6) is 5.88 Å². The summed E-state index contributed by atoms with van der Waals surface area (Å²) in [5.74, 6) is -0.547. The standard InChI is InChI=1S/C14H15FN2O3/c1-3-10(20-2)12-16-13(18)11(14(19)17-12)8-4-6-9(15)7-5-8/h4-7,10H,3H2,1-2H3,(H2,16,17,18,19). The molecule has 2 N–H and O–H groups in total. The lowest BCUT2D eigenvalue weighted by Crippen LogP contribution is -2.17. The summed E-state index contributed by atoms with van der Waals surface area (Å²) in [5.41, 5.74) is -0.0796. The molecule has 1 aromatic heterocycles. The maximum atomic E-state index is 12.9. The Hall–Kier alpha value is -2.21. The monoisotopic (exact) mass is 278 g/mol. The predicted molar refractivity (Wildman–Crippen MR) is 72.0 cm³/mol. The van der Waals surface area contributed by atoms with Crippen LogP contribution in [-0.2, 0) is 4.74 Å². The normalized spacial score (nSPS) is 12.3. The zero-order valence-electron chi connectivity index (χ0n) is 11.2. The van der Waals surface area contributed by atoms with Gasteiger partial charge in [-0.15, -0.1) is 0 Å². The first-order valence-electron chi connectivity index (χ1n) is 6.18. The molecule has 0 aliphatic rings. The molecule has 0 fully saturated rings. The highest BCUT2D eigenvalue weighted by Crippen LogP contribution is 2.25. The van der Waals surface area contributed by atoms with Gasteiger partial charge in [-0.2, -0.15) is 4.98 Å². The van der Waals surface area contributed by atoms with E-state index >= 15 is 0 Å². The van der Waals surface area contributed by atoms with Crippen LogP contribution in [0.3, 0.4) is 0 Å². The van der Waals surface area contributed by atoms with E-state index in [0.29, 0.717) is 12.0 Å². The predicted octanol–water partition coefficient (Wildman–Crippen LogP) is 2.38. The Kier molecular flexibility index (Phi) is 4.14. The third-order valence-electron chi connectivity index (χ3n) is 3.01. The molecule has 0 spiro atoms. The van der Waals surface area contributed by atoms with E-state index in [-0.39, 0.29) is 11.4 Å². The molecular weight excluding hydrogens is 263 g/mol. The number of nitrogens with one attached hydrogen (secondary N) is 1. The highest BCUT2D eigenvalue weighted by Gasteiger charge is 2.17. The second kappa shape index (κ2) is 5.83. The molecule has 1 aromatic carbocycles. The second-order valence-electron chi connectivity index (χ2n) is 4.29. The number of nitrogens with zero attached hydrogens (tertiary/aromatic N) is 1. The summed E-state index contributed by atoms with van der Waals surface area (Å²) in [4.78, 5) is 18.6. The molecule has 5 nitrogen and oxygen atoms in total. The van der Waals surface area contributed by atoms with Gasteiger partial charge in [0.15, 0.2) is 0 Å². The van der Waals surface area contributed by atoms with E-state index in [2.05, 4.69) is 9.97 Å². The number of aromatic hydroxyl groups is 1. The first-order chi connectivity index (χ1) is 9.56. The summed E-state index contributed by atoms with van der Waals surface area (Å²) in [5, 5.41) is 9.95. The van der Waals surface area contributed by atoms with E-state index in [9.17, 15) is 14.3 Å². The molecule has 0 saturated carbocycles. The Balaban J connectivity index is 2.51. The maximum Gasteiger partial charge on any atom is 0.262 e. The Morgan fingerprint density at radius 2 is 2.05 bits per heavy atom. The van der Waals surface area contributed by atoms with Crippen LogP contribution in [0.4, 0.5) is 4.39 Å². The molecule has 1 unspecified atom stereocenters. The molecule has 0 saturated heterocycles. The molecular formula is C14H15FN2O3. The number of rotatable bonds is 4. The summed E-state index contributed by atoms with van der Waals surface area (Å²) in [6, 6.07) is 5.25. The van der Waals surface area contributed by atoms with E-state index in [1.807, 2.05) is 6.92 Å². The van der Waals surface area contributed by atoms with E-state index in [1.165, 1.54) is 31.4 Å². The number of H-pyrrole nitrogens is 1. The Morgan fingerprint density at radius 1 is 1.40 bits per heavy atom. The highest BCUT2D eigenvalue weighted by atomic mass is 19.1. The molecule has 0 aliphatic heterocycles. The van der Waals surface area contributed by atoms with E-state index in [0.717, 1.165) is 0 Å². The number of methoxy groups -OCH3 is 1. The first-order valence-corrected chi connectivity index (χ1v) is 6.18. The number of hydrogen-bond acceptors (Lipinski definition) is 4. The lowest BCUT2D eigenvalue weighted by molar-refractivity contribution is 0.0918. The van der Waals surface area contributed by atoms with Gasteiger partial charge in [-0.3, -0.25) is 4.79 Å². The van der Waals surface area contributed by atoms with Gasteiger partial charge in [0.2, 0.25) is 5.88 Å². The maximum absolute atomic E-state index is 12.9. The van der Waals surface area contributed by atoms with Crippen LogP contribution in [0, 0.1) is 5.82 Å². The molecule has 2 rings (SSSR count). The number of aromatic nitrogens is 2. The van der Waals surface area contributed by atoms with Crippen molar-refractivity contribution in [2.45, 2.75) is 19.4 Å². The summed E-state index contributed by atoms with van der Waals surface area (Å²) in [6.45, 7) is 1.87. The van der Waals surface area contributed by atoms with Crippen LogP contribution in [0.25, 0.3) is 11.1 Å². The number of benzene rings is 1. The lowest BCUT2D eigenvalue weighted by Gasteiger charge is -2.13. The van der Waals surface area contributed by atoms with Gasteiger partial charge < -0.3 is 14.8 Å². The molecule has 20 heavy (non-hydrogen) atoms. The van der Waals surface area contributed by atoms with E-state index < -0.39 is 23.4 Å². The fourth-order valence-corrected chi connectivity index (χ4v) is 1.98. The van der Waals surface area contributed by atoms with Crippen molar-refractivity contribution < 1.29 is 14.2 Å². The average molecular weight is 278 g/mol. The zero-order valence-corrected chi connectivity index (χ0v) is 11.2. The van der Waals surface area contributed by atoms with Crippen LogP contribution in [0.1, 0.15) is 25.3 Å². The van der Waals surface area contributed by atoms with Crippen LogP contribution in [-0.4, -0.2) is 22.2 Å². The summed E-state index contributed by atoms with van der Waals surface area (Å²) in [6.07, 6.45) is 0.213. The quantitative estimate of drug-likeness (QED) is 0.900. The van der Waals surface area contributed by atoms with Crippen molar-refractivity contribution in [3.63, 3.8) is 0 Å². The highest BCUT2D eigenvalue weighted by molar-refractivity contribution is 5.67. The van der Waals surface area contributed by atoms with Gasteiger partial charge in [-0.25, -0.2) is 4.39 Å². The average Bonchev–Trinajstić information content (AvgIpc) is 2.41. The molecule has 1 atom stereocenters. The minimum absolute atomic E-state index is 0.0136. The number of halogens is 1. The zero-order chi connectivity index (χ0) is 14.7. The minimum Gasteiger partial charge on any atom is -0.493 e. The first kappa shape index (κ1) is 14.2. The van der Waals surface area contributed by atoms with Crippen molar-refractivity contribution in [2.24, 2.45) is 0 Å². The Labute approximate surface area is 115 Å². The summed E-state index contributed by atoms with van der Waals surface area (Å²) < 4.78 is 18.0. The molecule has 106 valence electrons. The van der Waals surface area contributed by atoms with Crippen LogP contribution in [0.2, 0.25) is 0 Å². The topological polar surface area (TPSA) is 75.2 Å². The fraction of sp³-hybridized carbons (Fsp3) is 0.286. The van der Waals surface area contributed by atoms with Crippen molar-refractivity contribution in [3.05, 3.63) is 46.3 Å². The number of aromatic amines is 1. The van der Waals surface area contributed by atoms with E-state index in [4.69, 9.17) is 4.74 Å². The molecule has 1 heterocycles. The molecule has 6 heteroatoms.